The third-order valence-electron chi connectivity index (χ3n) is 4.99. The van der Waals surface area contributed by atoms with Crippen molar-refractivity contribution in [1.82, 2.24) is 15.3 Å². The van der Waals surface area contributed by atoms with Gasteiger partial charge in [0.1, 0.15) is 5.82 Å². The molecule has 3 aromatic rings. The molecular weight excluding hydrogens is 430 g/mol. The van der Waals surface area contributed by atoms with Gasteiger partial charge in [0.15, 0.2) is 0 Å². The fourth-order valence-electron chi connectivity index (χ4n) is 3.39. The minimum Gasteiger partial charge on any atom is -0.353 e. The number of aryl methyl sites for hydroxylation is 1. The summed E-state index contributed by atoms with van der Waals surface area (Å²) in [5.41, 5.74) is 17.5. The number of hydrogen-bond acceptors (Lipinski definition) is 8. The van der Waals surface area contributed by atoms with Crippen LogP contribution in [0.1, 0.15) is 35.0 Å². The predicted molar refractivity (Wildman–Crippen MR) is 133 cm³/mol. The maximum absolute atomic E-state index is 12.8. The summed E-state index contributed by atoms with van der Waals surface area (Å²) in [6, 6.07) is 13.7. The van der Waals surface area contributed by atoms with Crippen molar-refractivity contribution in [3.05, 3.63) is 89.5 Å². The second-order valence-electron chi connectivity index (χ2n) is 7.52. The topological polar surface area (TPSA) is 165 Å². The first kappa shape index (κ1) is 24.2. The monoisotopic (exact) mass is 457 g/mol. The van der Waals surface area contributed by atoms with Crippen molar-refractivity contribution in [2.45, 2.75) is 25.9 Å². The number of nitrogens with two attached hydrogens (primary N) is 1. The number of amides is 2. The number of benzene rings is 1. The van der Waals surface area contributed by atoms with Crippen molar-refractivity contribution >= 4 is 29.4 Å². The summed E-state index contributed by atoms with van der Waals surface area (Å²) in [4.78, 5) is 21.5. The highest BCUT2D eigenvalue weighted by atomic mass is 16.2. The Hall–Kier alpha value is -4.44. The van der Waals surface area contributed by atoms with Crippen molar-refractivity contribution in [1.29, 1.82) is 10.9 Å². The van der Waals surface area contributed by atoms with Crippen LogP contribution in [-0.2, 0) is 6.54 Å². The molecule has 2 amide bonds. The van der Waals surface area contributed by atoms with E-state index in [0.717, 1.165) is 16.9 Å². The van der Waals surface area contributed by atoms with E-state index in [-0.39, 0.29) is 18.8 Å². The van der Waals surface area contributed by atoms with Crippen LogP contribution < -0.4 is 21.7 Å². The number of hydrogen-bond donors (Lipinski definition) is 6. The molecule has 3 rings (SSSR count). The second-order valence-corrected chi connectivity index (χ2v) is 7.52. The quantitative estimate of drug-likeness (QED) is 0.190. The summed E-state index contributed by atoms with van der Waals surface area (Å²) in [5.74, 6) is 0.253. The lowest BCUT2D eigenvalue weighted by Crippen LogP contribution is -2.33. The molecule has 10 heteroatoms. The molecular formula is C24H27N9O. The Bertz CT molecular complexity index is 1190. The van der Waals surface area contributed by atoms with Crippen LogP contribution in [0.2, 0.25) is 0 Å². The molecule has 174 valence electrons. The highest BCUT2D eigenvalue weighted by Crippen LogP contribution is 2.26. The molecule has 2 heterocycles. The van der Waals surface area contributed by atoms with Gasteiger partial charge in [-0.25, -0.2) is 15.3 Å². The molecule has 1 atom stereocenters. The van der Waals surface area contributed by atoms with Gasteiger partial charge in [-0.2, -0.15) is 5.11 Å². The van der Waals surface area contributed by atoms with E-state index in [1.54, 1.807) is 18.3 Å². The van der Waals surface area contributed by atoms with Crippen LogP contribution in [0.15, 0.2) is 72.1 Å². The minimum atomic E-state index is -0.497. The van der Waals surface area contributed by atoms with E-state index in [1.807, 2.05) is 43.3 Å². The third kappa shape index (κ3) is 6.30. The number of carbonyl (C=O) groups is 1. The minimum absolute atomic E-state index is 0.0991. The molecule has 34 heavy (non-hydrogen) atoms. The Labute approximate surface area is 197 Å². The van der Waals surface area contributed by atoms with Gasteiger partial charge in [0, 0.05) is 42.3 Å². The van der Waals surface area contributed by atoms with Crippen molar-refractivity contribution in [3.8, 4) is 0 Å². The van der Waals surface area contributed by atoms with Gasteiger partial charge in [0.25, 0.3) is 0 Å². The molecule has 1 aromatic carbocycles. The second kappa shape index (κ2) is 11.4. The molecule has 1 unspecified atom stereocenters. The van der Waals surface area contributed by atoms with Gasteiger partial charge in [-0.1, -0.05) is 36.9 Å². The number of urea groups is 1. The van der Waals surface area contributed by atoms with E-state index in [4.69, 9.17) is 16.7 Å². The zero-order chi connectivity index (χ0) is 24.5. The van der Waals surface area contributed by atoms with E-state index in [9.17, 15) is 4.79 Å². The highest BCUT2D eigenvalue weighted by Gasteiger charge is 2.18. The van der Waals surface area contributed by atoms with E-state index in [0.29, 0.717) is 22.6 Å². The molecule has 10 nitrogen and oxygen atoms in total. The van der Waals surface area contributed by atoms with Crippen molar-refractivity contribution in [3.63, 3.8) is 0 Å². The number of anilines is 3. The van der Waals surface area contributed by atoms with Gasteiger partial charge in [0.05, 0.1) is 23.1 Å². The van der Waals surface area contributed by atoms with Crippen LogP contribution in [-0.4, -0.2) is 22.2 Å². The number of rotatable bonds is 10. The molecule has 0 radical (unpaired) electrons. The molecule has 0 aliphatic rings. The lowest BCUT2D eigenvalue weighted by molar-refractivity contribution is 0.248. The van der Waals surface area contributed by atoms with E-state index in [1.165, 1.54) is 6.21 Å². The Kier molecular flexibility index (Phi) is 8.14. The van der Waals surface area contributed by atoms with E-state index in [2.05, 4.69) is 37.6 Å². The smallest absolute Gasteiger partial charge is 0.320 e. The average molecular weight is 458 g/mol. The first-order valence-electron chi connectivity index (χ1n) is 10.5. The largest absolute Gasteiger partial charge is 0.353 e. The summed E-state index contributed by atoms with van der Waals surface area (Å²) in [6.07, 6.45) is 3.14. The molecule has 0 spiro atoms. The van der Waals surface area contributed by atoms with Gasteiger partial charge in [-0.05, 0) is 30.7 Å². The van der Waals surface area contributed by atoms with Crippen LogP contribution in [0, 0.1) is 17.9 Å². The van der Waals surface area contributed by atoms with Crippen LogP contribution in [0.4, 0.5) is 22.0 Å². The first-order chi connectivity index (χ1) is 16.4. The molecule has 0 fully saturated rings. The number of nitrogens with zero attached hydrogens (tertiary/aromatic N) is 3. The van der Waals surface area contributed by atoms with Crippen LogP contribution >= 0.6 is 0 Å². The number of pyridine rings is 2. The Morgan fingerprint density at radius 3 is 2.68 bits per heavy atom. The summed E-state index contributed by atoms with van der Waals surface area (Å²) in [7, 11) is 0. The van der Waals surface area contributed by atoms with Crippen molar-refractivity contribution < 1.29 is 4.79 Å². The Balaban J connectivity index is 1.82. The zero-order valence-corrected chi connectivity index (χ0v) is 18.8. The van der Waals surface area contributed by atoms with Crippen LogP contribution in [0.25, 0.3) is 0 Å². The Morgan fingerprint density at radius 2 is 2.03 bits per heavy atom. The normalized spacial score (nSPS) is 11.2. The number of aromatic nitrogens is 2. The Morgan fingerprint density at radius 1 is 1.26 bits per heavy atom. The first-order valence-corrected chi connectivity index (χ1v) is 10.5. The van der Waals surface area contributed by atoms with Gasteiger partial charge in [-0.15, -0.1) is 0 Å². The fourth-order valence-corrected chi connectivity index (χ4v) is 3.39. The van der Waals surface area contributed by atoms with Gasteiger partial charge in [-0.3, -0.25) is 10.3 Å². The predicted octanol–water partition coefficient (Wildman–Crippen LogP) is 4.78. The lowest BCUT2D eigenvalue weighted by Gasteiger charge is -2.20. The van der Waals surface area contributed by atoms with Crippen molar-refractivity contribution in [2.24, 2.45) is 10.8 Å². The zero-order valence-electron chi connectivity index (χ0n) is 18.8. The molecule has 7 N–H and O–H groups in total. The molecule has 0 saturated carbocycles. The van der Waals surface area contributed by atoms with Gasteiger partial charge >= 0.3 is 6.03 Å². The maximum Gasteiger partial charge on any atom is 0.320 e. The van der Waals surface area contributed by atoms with Crippen LogP contribution in [0.3, 0.4) is 0 Å². The molecule has 0 aliphatic heterocycles. The maximum atomic E-state index is 12.8. The molecule has 0 aliphatic carbocycles. The summed E-state index contributed by atoms with van der Waals surface area (Å²) >= 11 is 0. The fraction of sp³-hybridized carbons (Fsp3) is 0.167. The summed E-state index contributed by atoms with van der Waals surface area (Å²) < 4.78 is 0. The SMILES string of the molecule is C=C(CC(NC(=O)Nc1cc(C=N)c(Nc2ccnc(C)c2)c(CN)n1)c1ccccc1)N=N. The molecule has 0 saturated heterocycles. The number of nitrogens with one attached hydrogen (secondary N) is 5. The van der Waals surface area contributed by atoms with Crippen LogP contribution in [0.5, 0.6) is 0 Å². The summed E-state index contributed by atoms with van der Waals surface area (Å²) in [6.45, 7) is 5.72. The number of carbonyl (C=O) groups excluding carboxylic acids is 1. The van der Waals surface area contributed by atoms with Gasteiger partial charge in [0.2, 0.25) is 0 Å². The highest BCUT2D eigenvalue weighted by molar-refractivity contribution is 5.93. The van der Waals surface area contributed by atoms with Crippen molar-refractivity contribution in [2.75, 3.05) is 10.6 Å². The standard InChI is InChI=1S/C24H27N9O/c1-15-10-19(8-9-28-15)29-23-18(13-25)12-22(30-21(23)14-26)32-24(34)31-20(11-16(2)33-27)17-6-4-3-5-7-17/h3-10,12-13,20,25,27H,2,11,14,26H2,1H3,(H,28,29)(H2,30,31,32,34). The van der Waals surface area contributed by atoms with E-state index >= 15 is 0 Å². The molecule has 0 bridgehead atoms. The van der Waals surface area contributed by atoms with Gasteiger partial charge < -0.3 is 21.8 Å². The third-order valence-corrected chi connectivity index (χ3v) is 4.99. The molecule has 2 aromatic heterocycles. The average Bonchev–Trinajstić information content (AvgIpc) is 2.84. The lowest BCUT2D eigenvalue weighted by atomic mass is 10.0. The van der Waals surface area contributed by atoms with E-state index < -0.39 is 12.1 Å². The summed E-state index contributed by atoms with van der Waals surface area (Å²) in [5, 5.41) is 20.1.